The molecule has 0 radical (unpaired) electrons. The van der Waals surface area contributed by atoms with Crippen molar-refractivity contribution in [1.82, 2.24) is 9.80 Å². The average Bonchev–Trinajstić information content (AvgIpc) is 2.62. The van der Waals surface area contributed by atoms with Crippen LogP contribution in [-0.4, -0.2) is 72.6 Å². The highest BCUT2D eigenvalue weighted by atomic mass is 19.1. The van der Waals surface area contributed by atoms with E-state index in [-0.39, 0.29) is 31.5 Å². The summed E-state index contributed by atoms with van der Waals surface area (Å²) in [4.78, 5) is 41.2. The van der Waals surface area contributed by atoms with Gasteiger partial charge in [0.1, 0.15) is 11.4 Å². The van der Waals surface area contributed by atoms with Crippen LogP contribution in [0.25, 0.3) is 0 Å². The van der Waals surface area contributed by atoms with Gasteiger partial charge in [0.2, 0.25) is 11.8 Å². The highest BCUT2D eigenvalue weighted by molar-refractivity contribution is 5.95. The Labute approximate surface area is 170 Å². The van der Waals surface area contributed by atoms with Crippen molar-refractivity contribution in [3.05, 3.63) is 30.1 Å². The number of amides is 3. The number of rotatable bonds is 6. The molecule has 2 rings (SSSR count). The van der Waals surface area contributed by atoms with Gasteiger partial charge in [0.15, 0.2) is 0 Å². The lowest BCUT2D eigenvalue weighted by atomic mass is 10.2. The van der Waals surface area contributed by atoms with E-state index in [9.17, 15) is 18.8 Å². The van der Waals surface area contributed by atoms with Crippen molar-refractivity contribution in [3.63, 3.8) is 0 Å². The quantitative estimate of drug-likeness (QED) is 0.771. The molecule has 1 aliphatic rings. The molecule has 1 heterocycles. The molecule has 0 aliphatic carbocycles. The van der Waals surface area contributed by atoms with Gasteiger partial charge in [-0.2, -0.15) is 0 Å². The number of nitrogens with two attached hydrogens (primary N) is 1. The van der Waals surface area contributed by atoms with Gasteiger partial charge < -0.3 is 20.3 Å². The summed E-state index contributed by atoms with van der Waals surface area (Å²) in [6.07, 6.45) is -0.354. The number of hydrogen-bond acceptors (Lipinski definition) is 5. The molecule has 3 amide bonds. The number of anilines is 1. The van der Waals surface area contributed by atoms with Crippen molar-refractivity contribution in [2.24, 2.45) is 5.73 Å². The Morgan fingerprint density at radius 3 is 2.21 bits per heavy atom. The van der Waals surface area contributed by atoms with Crippen LogP contribution in [0.4, 0.5) is 14.9 Å². The topological polar surface area (TPSA) is 96.2 Å². The van der Waals surface area contributed by atoms with Gasteiger partial charge in [0.25, 0.3) is 0 Å². The first-order valence-electron chi connectivity index (χ1n) is 9.59. The van der Waals surface area contributed by atoms with E-state index in [1.165, 1.54) is 29.2 Å². The van der Waals surface area contributed by atoms with Crippen LogP contribution < -0.4 is 10.6 Å². The molecule has 0 saturated carbocycles. The SMILES string of the molecule is CC(C)(C)OC(=O)N1CCN(CC(=O)N(CCC(N)=O)c2ccc(F)cc2)CC1. The number of nitrogens with zero attached hydrogens (tertiary/aromatic N) is 3. The maximum Gasteiger partial charge on any atom is 0.410 e. The number of primary amides is 1. The molecule has 0 spiro atoms. The Hall–Kier alpha value is -2.68. The molecule has 9 heteroatoms. The summed E-state index contributed by atoms with van der Waals surface area (Å²) in [6.45, 7) is 7.66. The number of ether oxygens (including phenoxy) is 1. The molecule has 1 saturated heterocycles. The van der Waals surface area contributed by atoms with Gasteiger partial charge in [0, 0.05) is 44.8 Å². The van der Waals surface area contributed by atoms with Crippen LogP contribution in [0.1, 0.15) is 27.2 Å². The zero-order valence-electron chi connectivity index (χ0n) is 17.2. The van der Waals surface area contributed by atoms with E-state index in [4.69, 9.17) is 10.5 Å². The fourth-order valence-corrected chi connectivity index (χ4v) is 2.93. The van der Waals surface area contributed by atoms with E-state index < -0.39 is 17.3 Å². The van der Waals surface area contributed by atoms with E-state index in [2.05, 4.69) is 0 Å². The van der Waals surface area contributed by atoms with Gasteiger partial charge in [-0.25, -0.2) is 9.18 Å². The van der Waals surface area contributed by atoms with Crippen LogP contribution >= 0.6 is 0 Å². The van der Waals surface area contributed by atoms with Crippen molar-refractivity contribution >= 4 is 23.6 Å². The Kier molecular flexibility index (Phi) is 7.55. The van der Waals surface area contributed by atoms with Crippen molar-refractivity contribution in [3.8, 4) is 0 Å². The summed E-state index contributed by atoms with van der Waals surface area (Å²) in [5, 5.41) is 0. The van der Waals surface area contributed by atoms with Crippen LogP contribution in [0.5, 0.6) is 0 Å². The summed E-state index contributed by atoms with van der Waals surface area (Å²) in [5.74, 6) is -1.14. The van der Waals surface area contributed by atoms with Gasteiger partial charge in [-0.1, -0.05) is 0 Å². The van der Waals surface area contributed by atoms with E-state index in [0.717, 1.165) is 0 Å². The van der Waals surface area contributed by atoms with Crippen molar-refractivity contribution in [2.45, 2.75) is 32.8 Å². The molecule has 8 nitrogen and oxygen atoms in total. The zero-order chi connectivity index (χ0) is 21.6. The second kappa shape index (κ2) is 9.69. The standard InChI is InChI=1S/C20H29FN4O4/c1-20(2,3)29-19(28)24-12-10-23(11-13-24)14-18(27)25(9-8-17(22)26)16-6-4-15(21)5-7-16/h4-7H,8-14H2,1-3H3,(H2,22,26). The molecular formula is C20H29FN4O4. The fourth-order valence-electron chi connectivity index (χ4n) is 2.93. The Bertz CT molecular complexity index is 725. The third kappa shape index (κ3) is 7.34. The Morgan fingerprint density at radius 1 is 1.10 bits per heavy atom. The van der Waals surface area contributed by atoms with Gasteiger partial charge in [-0.05, 0) is 45.0 Å². The first kappa shape index (κ1) is 22.6. The fraction of sp³-hybridized carbons (Fsp3) is 0.550. The predicted molar refractivity (Wildman–Crippen MR) is 107 cm³/mol. The molecule has 0 aromatic heterocycles. The Morgan fingerprint density at radius 2 is 1.69 bits per heavy atom. The second-order valence-corrected chi connectivity index (χ2v) is 7.98. The average molecular weight is 408 g/mol. The van der Waals surface area contributed by atoms with Crippen molar-refractivity contribution in [2.75, 3.05) is 44.2 Å². The molecule has 1 aliphatic heterocycles. The molecule has 29 heavy (non-hydrogen) atoms. The number of benzene rings is 1. The number of carbonyl (C=O) groups is 3. The molecule has 1 aromatic carbocycles. The smallest absolute Gasteiger partial charge is 0.410 e. The lowest BCUT2D eigenvalue weighted by Gasteiger charge is -2.36. The summed E-state index contributed by atoms with van der Waals surface area (Å²) in [7, 11) is 0. The predicted octanol–water partition coefficient (Wildman–Crippen LogP) is 1.59. The lowest BCUT2D eigenvalue weighted by molar-refractivity contribution is -0.120. The minimum atomic E-state index is -0.555. The van der Waals surface area contributed by atoms with Crippen LogP contribution in [0, 0.1) is 5.82 Å². The third-order valence-corrected chi connectivity index (χ3v) is 4.40. The Balaban J connectivity index is 1.95. The summed E-state index contributed by atoms with van der Waals surface area (Å²) < 4.78 is 18.6. The van der Waals surface area contributed by atoms with Crippen LogP contribution in [-0.2, 0) is 14.3 Å². The molecule has 0 bridgehead atoms. The van der Waals surface area contributed by atoms with Crippen molar-refractivity contribution < 1.29 is 23.5 Å². The van der Waals surface area contributed by atoms with Gasteiger partial charge in [-0.3, -0.25) is 14.5 Å². The lowest BCUT2D eigenvalue weighted by Crippen LogP contribution is -2.52. The molecule has 2 N–H and O–H groups in total. The second-order valence-electron chi connectivity index (χ2n) is 7.98. The van der Waals surface area contributed by atoms with Crippen LogP contribution in [0.15, 0.2) is 24.3 Å². The maximum atomic E-state index is 13.2. The minimum Gasteiger partial charge on any atom is -0.444 e. The van der Waals surface area contributed by atoms with Crippen LogP contribution in [0.3, 0.4) is 0 Å². The van der Waals surface area contributed by atoms with Gasteiger partial charge in [0.05, 0.1) is 6.54 Å². The normalized spacial score (nSPS) is 15.1. The molecule has 160 valence electrons. The van der Waals surface area contributed by atoms with E-state index in [1.807, 2.05) is 25.7 Å². The van der Waals surface area contributed by atoms with Crippen LogP contribution in [0.2, 0.25) is 0 Å². The monoisotopic (exact) mass is 408 g/mol. The first-order valence-corrected chi connectivity index (χ1v) is 9.59. The maximum absolute atomic E-state index is 13.2. The zero-order valence-corrected chi connectivity index (χ0v) is 17.2. The number of hydrogen-bond donors (Lipinski definition) is 1. The van der Waals surface area contributed by atoms with Gasteiger partial charge in [-0.15, -0.1) is 0 Å². The molecule has 0 atom stereocenters. The third-order valence-electron chi connectivity index (χ3n) is 4.40. The molecule has 1 aromatic rings. The summed E-state index contributed by atoms with van der Waals surface area (Å²) in [5.41, 5.74) is 5.17. The highest BCUT2D eigenvalue weighted by Gasteiger charge is 2.27. The first-order chi connectivity index (χ1) is 13.5. The van der Waals surface area contributed by atoms with E-state index in [0.29, 0.717) is 31.9 Å². The van der Waals surface area contributed by atoms with Gasteiger partial charge >= 0.3 is 6.09 Å². The summed E-state index contributed by atoms with van der Waals surface area (Å²) in [6, 6.07) is 5.52. The van der Waals surface area contributed by atoms with Crippen molar-refractivity contribution in [1.29, 1.82) is 0 Å². The molecular weight excluding hydrogens is 379 g/mol. The van der Waals surface area contributed by atoms with E-state index >= 15 is 0 Å². The molecule has 0 unspecified atom stereocenters. The number of carbonyl (C=O) groups excluding carboxylic acids is 3. The minimum absolute atomic E-state index is 0.00946. The molecule has 1 fully saturated rings. The van der Waals surface area contributed by atoms with E-state index in [1.54, 1.807) is 4.90 Å². The highest BCUT2D eigenvalue weighted by Crippen LogP contribution is 2.17. The largest absolute Gasteiger partial charge is 0.444 e. The number of piperazine rings is 1. The number of halogens is 1. The summed E-state index contributed by atoms with van der Waals surface area (Å²) >= 11 is 0.